The van der Waals surface area contributed by atoms with Gasteiger partial charge in [-0.05, 0) is 6.92 Å². The van der Waals surface area contributed by atoms with Crippen molar-refractivity contribution >= 4 is 17.8 Å². The number of nitrogens with two attached hydrogens (primary N) is 1. The summed E-state index contributed by atoms with van der Waals surface area (Å²) in [7, 11) is 0. The van der Waals surface area contributed by atoms with Gasteiger partial charge in [-0.25, -0.2) is 0 Å². The average Bonchev–Trinajstić information content (AvgIpc) is 2.72. The predicted octanol–water partition coefficient (Wildman–Crippen LogP) is -5.30. The lowest BCUT2D eigenvalue weighted by molar-refractivity contribution is -0.305. The van der Waals surface area contributed by atoms with Crippen LogP contribution in [0.5, 0.6) is 0 Å². The lowest BCUT2D eigenvalue weighted by Gasteiger charge is -2.45. The molecular weight excluding hydrogens is 450 g/mol. The Morgan fingerprint density at radius 2 is 1.64 bits per heavy atom. The second-order valence-corrected chi connectivity index (χ2v) is 8.05. The smallest absolute Gasteiger partial charge is 0.321 e. The first kappa shape index (κ1) is 27.3. The maximum absolute atomic E-state index is 11.6. The van der Waals surface area contributed by atoms with Crippen LogP contribution in [0.2, 0.25) is 0 Å². The van der Waals surface area contributed by atoms with E-state index in [0.717, 1.165) is 6.92 Å². The van der Waals surface area contributed by atoms with E-state index in [9.17, 15) is 45.0 Å². The van der Waals surface area contributed by atoms with Crippen LogP contribution < -0.4 is 16.4 Å². The van der Waals surface area contributed by atoms with Crippen molar-refractivity contribution < 1.29 is 59.2 Å². The van der Waals surface area contributed by atoms with Crippen LogP contribution in [0, 0.1) is 0 Å². The summed E-state index contributed by atoms with van der Waals surface area (Å²) in [6.45, 7) is 2.06. The molecule has 1 unspecified atom stereocenters. The van der Waals surface area contributed by atoms with Crippen molar-refractivity contribution in [1.82, 2.24) is 10.6 Å². The fourth-order valence-corrected chi connectivity index (χ4v) is 3.60. The number of hydrogen-bond donors (Lipinski definition) is 9. The molecule has 0 saturated carbocycles. The quantitative estimate of drug-likeness (QED) is 0.149. The fraction of sp³-hybridized carbons (Fsp3) is 0.833. The summed E-state index contributed by atoms with van der Waals surface area (Å²) in [5.74, 6) is -2.99. The molecule has 0 radical (unpaired) electrons. The van der Waals surface area contributed by atoms with Gasteiger partial charge in [-0.3, -0.25) is 19.7 Å². The molecule has 2 aliphatic rings. The van der Waals surface area contributed by atoms with Crippen LogP contribution in [0.15, 0.2) is 0 Å². The van der Waals surface area contributed by atoms with Crippen LogP contribution in [0.1, 0.15) is 20.3 Å². The van der Waals surface area contributed by atoms with Crippen molar-refractivity contribution in [2.45, 2.75) is 87.6 Å². The Labute approximate surface area is 188 Å². The summed E-state index contributed by atoms with van der Waals surface area (Å²) in [4.78, 5) is 34.2. The van der Waals surface area contributed by atoms with Gasteiger partial charge in [0.25, 0.3) is 0 Å². The van der Waals surface area contributed by atoms with E-state index in [-0.39, 0.29) is 0 Å². The Bertz CT molecular complexity index is 711. The number of carbonyl (C=O) groups is 3. The minimum atomic E-state index is -1.65. The molecule has 190 valence electrons. The van der Waals surface area contributed by atoms with Gasteiger partial charge in [-0.15, -0.1) is 0 Å². The molecular formula is C18H31N3O12. The molecule has 10 N–H and O–H groups in total. The summed E-state index contributed by atoms with van der Waals surface area (Å²) in [5.41, 5.74) is 5.07. The minimum Gasteiger partial charge on any atom is -0.480 e. The second-order valence-electron chi connectivity index (χ2n) is 8.05. The molecule has 0 spiro atoms. The first-order chi connectivity index (χ1) is 15.3. The van der Waals surface area contributed by atoms with Gasteiger partial charge >= 0.3 is 5.97 Å². The van der Waals surface area contributed by atoms with Crippen LogP contribution in [0.4, 0.5) is 0 Å². The summed E-state index contributed by atoms with van der Waals surface area (Å²) >= 11 is 0. The third-order valence-corrected chi connectivity index (χ3v) is 5.42. The number of carbonyl (C=O) groups excluding carboxylic acids is 2. The van der Waals surface area contributed by atoms with Crippen molar-refractivity contribution in [3.63, 3.8) is 0 Å². The zero-order chi connectivity index (χ0) is 25.0. The topological polar surface area (TPSA) is 250 Å². The molecule has 15 heteroatoms. The third-order valence-electron chi connectivity index (χ3n) is 5.42. The van der Waals surface area contributed by atoms with Gasteiger partial charge < -0.3 is 55.9 Å². The van der Waals surface area contributed by atoms with E-state index in [0.29, 0.717) is 0 Å². The molecule has 2 saturated heterocycles. The zero-order valence-corrected chi connectivity index (χ0v) is 18.0. The molecule has 2 fully saturated rings. The Morgan fingerprint density at radius 1 is 1.00 bits per heavy atom. The standard InChI is InChI=1S/C18H31N3O12/c1-5-11(24)14(27)15(28)18(32-5)31-4-8-12(25)13(26)10(20-6(2)22)16(33-8)21-7(17(29)30)3-9(19)23/h5,7-8,10-16,18,21,24-28H,3-4H2,1-2H3,(H2,19,23)(H,20,22)(H,29,30)/t5-,7-,8+,10+,11+,12+,13+,14+,15-,16?,18+/m0/s1. The van der Waals surface area contributed by atoms with E-state index in [1.54, 1.807) is 0 Å². The van der Waals surface area contributed by atoms with Gasteiger partial charge in [0.05, 0.1) is 25.2 Å². The van der Waals surface area contributed by atoms with Crippen molar-refractivity contribution in [3.8, 4) is 0 Å². The number of nitrogens with one attached hydrogen (secondary N) is 2. The zero-order valence-electron chi connectivity index (χ0n) is 18.0. The van der Waals surface area contributed by atoms with Gasteiger partial charge in [0.1, 0.15) is 48.9 Å². The second kappa shape index (κ2) is 11.5. The number of aliphatic carboxylic acids is 1. The molecule has 2 amide bonds. The largest absolute Gasteiger partial charge is 0.480 e. The SMILES string of the molecule is CC(=O)N[C@H]1C(N[C@@H](CC(N)=O)C(=O)O)O[C@H](CO[C@@H]2O[C@@H](C)[C@@H](O)[C@@H](O)[C@@H]2O)[C@@H](O)[C@@H]1O. The maximum Gasteiger partial charge on any atom is 0.321 e. The fourth-order valence-electron chi connectivity index (χ4n) is 3.60. The molecule has 11 atom stereocenters. The molecule has 0 aliphatic carbocycles. The number of aliphatic hydroxyl groups is 5. The lowest BCUT2D eigenvalue weighted by atomic mass is 9.95. The van der Waals surface area contributed by atoms with Crippen molar-refractivity contribution in [2.75, 3.05) is 6.61 Å². The van der Waals surface area contributed by atoms with Crippen LogP contribution in [-0.4, -0.2) is 122 Å². The molecule has 33 heavy (non-hydrogen) atoms. The first-order valence-corrected chi connectivity index (χ1v) is 10.2. The Morgan fingerprint density at radius 3 is 2.18 bits per heavy atom. The van der Waals surface area contributed by atoms with E-state index >= 15 is 0 Å². The van der Waals surface area contributed by atoms with Crippen LogP contribution in [0.3, 0.4) is 0 Å². The number of carboxylic acids is 1. The molecule has 2 heterocycles. The Hall–Kier alpha value is -1.95. The summed E-state index contributed by atoms with van der Waals surface area (Å²) < 4.78 is 16.3. The highest BCUT2D eigenvalue weighted by Crippen LogP contribution is 2.25. The van der Waals surface area contributed by atoms with E-state index in [1.165, 1.54) is 6.92 Å². The van der Waals surface area contributed by atoms with Gasteiger partial charge in [-0.1, -0.05) is 0 Å². The van der Waals surface area contributed by atoms with Gasteiger partial charge in [0, 0.05) is 6.92 Å². The van der Waals surface area contributed by atoms with Gasteiger partial charge in [0.2, 0.25) is 11.8 Å². The van der Waals surface area contributed by atoms with Gasteiger partial charge in [0.15, 0.2) is 6.29 Å². The number of primary amides is 1. The number of aliphatic hydroxyl groups excluding tert-OH is 5. The van der Waals surface area contributed by atoms with E-state index in [1.807, 2.05) is 0 Å². The molecule has 0 aromatic heterocycles. The maximum atomic E-state index is 11.6. The number of rotatable bonds is 9. The number of amides is 2. The normalized spacial score (nSPS) is 40.1. The van der Waals surface area contributed by atoms with Gasteiger partial charge in [-0.2, -0.15) is 0 Å². The van der Waals surface area contributed by atoms with Crippen LogP contribution in [-0.2, 0) is 28.6 Å². The highest BCUT2D eigenvalue weighted by Gasteiger charge is 2.48. The number of carboxylic acid groups (broad SMARTS) is 1. The van der Waals surface area contributed by atoms with Crippen molar-refractivity contribution in [1.29, 1.82) is 0 Å². The van der Waals surface area contributed by atoms with E-state index in [4.69, 9.17) is 19.9 Å². The lowest BCUT2D eigenvalue weighted by Crippen LogP contribution is -2.69. The third kappa shape index (κ3) is 6.78. The molecule has 0 aromatic rings. The molecule has 0 bridgehead atoms. The Balaban J connectivity index is 2.15. The highest BCUT2D eigenvalue weighted by molar-refractivity contribution is 5.83. The molecule has 2 rings (SSSR count). The van der Waals surface area contributed by atoms with Crippen LogP contribution >= 0.6 is 0 Å². The first-order valence-electron chi connectivity index (χ1n) is 10.2. The Kier molecular flexibility index (Phi) is 9.48. The van der Waals surface area contributed by atoms with Crippen molar-refractivity contribution in [3.05, 3.63) is 0 Å². The molecule has 0 aromatic carbocycles. The number of ether oxygens (including phenoxy) is 3. The highest BCUT2D eigenvalue weighted by atomic mass is 16.7. The van der Waals surface area contributed by atoms with Crippen molar-refractivity contribution in [2.24, 2.45) is 5.73 Å². The van der Waals surface area contributed by atoms with Crippen LogP contribution in [0.25, 0.3) is 0 Å². The summed E-state index contributed by atoms with van der Waals surface area (Å²) in [5, 5.41) is 64.8. The summed E-state index contributed by atoms with van der Waals surface area (Å²) in [6.07, 6.45) is -13.5. The number of hydrogen-bond acceptors (Lipinski definition) is 12. The molecule has 15 nitrogen and oxygen atoms in total. The summed E-state index contributed by atoms with van der Waals surface area (Å²) in [6, 6.07) is -2.84. The van der Waals surface area contributed by atoms with E-state index < -0.39 is 98.1 Å². The average molecular weight is 481 g/mol. The molecule has 2 aliphatic heterocycles. The van der Waals surface area contributed by atoms with E-state index in [2.05, 4.69) is 10.6 Å². The monoisotopic (exact) mass is 481 g/mol. The predicted molar refractivity (Wildman–Crippen MR) is 105 cm³/mol. The minimum absolute atomic E-state index is 0.506.